The maximum atomic E-state index is 12.4. The molecule has 1 fully saturated rings. The molecule has 1 heterocycles. The van der Waals surface area contributed by atoms with Gasteiger partial charge < -0.3 is 15.1 Å². The molecule has 2 aromatic carbocycles. The van der Waals surface area contributed by atoms with Crippen molar-refractivity contribution in [3.05, 3.63) is 59.7 Å². The van der Waals surface area contributed by atoms with Gasteiger partial charge in [-0.1, -0.05) is 12.1 Å². The summed E-state index contributed by atoms with van der Waals surface area (Å²) in [4.78, 5) is 29.5. The number of likely N-dealkylation sites (tertiary alicyclic amines) is 1. The van der Waals surface area contributed by atoms with Crippen molar-refractivity contribution in [2.45, 2.75) is 24.3 Å². The lowest BCUT2D eigenvalue weighted by Crippen LogP contribution is -2.31. The summed E-state index contributed by atoms with van der Waals surface area (Å²) in [5.41, 5.74) is 2.43. The maximum Gasteiger partial charge on any atom is 0.321 e. The number of thioether (sulfide) groups is 1. The van der Waals surface area contributed by atoms with Crippen LogP contribution in [0.1, 0.15) is 28.8 Å². The molecule has 5 nitrogen and oxygen atoms in total. The van der Waals surface area contributed by atoms with E-state index >= 15 is 0 Å². The molecule has 3 rings (SSSR count). The van der Waals surface area contributed by atoms with Crippen molar-refractivity contribution in [3.63, 3.8) is 0 Å². The molecule has 0 unspecified atom stereocenters. The summed E-state index contributed by atoms with van der Waals surface area (Å²) in [7, 11) is 1.77. The molecule has 6 heteroatoms. The van der Waals surface area contributed by atoms with Gasteiger partial charge in [-0.2, -0.15) is 0 Å². The molecule has 0 radical (unpaired) electrons. The number of benzene rings is 2. The predicted octanol–water partition coefficient (Wildman–Crippen LogP) is 4.31. The Kier molecular flexibility index (Phi) is 6.40. The molecule has 2 aromatic rings. The van der Waals surface area contributed by atoms with Gasteiger partial charge in [0.1, 0.15) is 0 Å². The number of anilines is 1. The van der Waals surface area contributed by atoms with E-state index in [0.717, 1.165) is 31.5 Å². The van der Waals surface area contributed by atoms with Crippen molar-refractivity contribution in [1.82, 2.24) is 9.80 Å². The highest BCUT2D eigenvalue weighted by Gasteiger charge is 2.19. The van der Waals surface area contributed by atoms with Gasteiger partial charge in [-0.05, 0) is 61.1 Å². The highest BCUT2D eigenvalue weighted by Crippen LogP contribution is 2.17. The van der Waals surface area contributed by atoms with Gasteiger partial charge in [0.25, 0.3) is 5.91 Å². The highest BCUT2D eigenvalue weighted by atomic mass is 32.2. The van der Waals surface area contributed by atoms with Crippen LogP contribution in [0.4, 0.5) is 10.5 Å². The lowest BCUT2D eigenvalue weighted by atomic mass is 10.2. The van der Waals surface area contributed by atoms with E-state index in [4.69, 9.17) is 0 Å². The molecule has 0 bridgehead atoms. The molecule has 1 aliphatic rings. The van der Waals surface area contributed by atoms with Crippen molar-refractivity contribution in [1.29, 1.82) is 0 Å². The van der Waals surface area contributed by atoms with Gasteiger partial charge in [-0.15, -0.1) is 11.8 Å². The highest BCUT2D eigenvalue weighted by molar-refractivity contribution is 7.98. The van der Waals surface area contributed by atoms with Gasteiger partial charge in [-0.25, -0.2) is 4.79 Å². The second-order valence-corrected chi connectivity index (χ2v) is 7.59. The summed E-state index contributed by atoms with van der Waals surface area (Å²) in [5.74, 6) is 0.0659. The zero-order valence-corrected chi connectivity index (χ0v) is 16.6. The van der Waals surface area contributed by atoms with Crippen LogP contribution in [-0.2, 0) is 6.54 Å². The fraction of sp³-hybridized carbons (Fsp3) is 0.333. The van der Waals surface area contributed by atoms with Gasteiger partial charge in [0, 0.05) is 42.8 Å². The number of carbonyl (C=O) groups is 2. The van der Waals surface area contributed by atoms with E-state index in [9.17, 15) is 9.59 Å². The first-order valence-corrected chi connectivity index (χ1v) is 10.3. The molecule has 1 saturated heterocycles. The average Bonchev–Trinajstić information content (AvgIpc) is 3.23. The average molecular weight is 384 g/mol. The molecule has 27 heavy (non-hydrogen) atoms. The van der Waals surface area contributed by atoms with Gasteiger partial charge in [-0.3, -0.25) is 4.79 Å². The quantitative estimate of drug-likeness (QED) is 0.783. The first kappa shape index (κ1) is 19.3. The Labute approximate surface area is 164 Å². The summed E-state index contributed by atoms with van der Waals surface area (Å²) in [6.07, 6.45) is 4.19. The number of urea groups is 1. The SMILES string of the molecule is CSc1ccc(CN(C)C(=O)Nc2ccc(C(=O)N3CCCC3)cc2)cc1. The summed E-state index contributed by atoms with van der Waals surface area (Å²) in [6.45, 7) is 2.20. The zero-order valence-electron chi connectivity index (χ0n) is 15.8. The van der Waals surface area contributed by atoms with Crippen LogP contribution in [0.3, 0.4) is 0 Å². The number of hydrogen-bond acceptors (Lipinski definition) is 3. The second-order valence-electron chi connectivity index (χ2n) is 6.71. The lowest BCUT2D eigenvalue weighted by Gasteiger charge is -2.19. The molecular weight excluding hydrogens is 358 g/mol. The van der Waals surface area contributed by atoms with Crippen LogP contribution in [0, 0.1) is 0 Å². The molecule has 1 N–H and O–H groups in total. The second kappa shape index (κ2) is 8.95. The van der Waals surface area contributed by atoms with Crippen LogP contribution >= 0.6 is 11.8 Å². The van der Waals surface area contributed by atoms with Gasteiger partial charge in [0.05, 0.1) is 0 Å². The van der Waals surface area contributed by atoms with Crippen molar-refractivity contribution < 1.29 is 9.59 Å². The largest absolute Gasteiger partial charge is 0.339 e. The van der Waals surface area contributed by atoms with Crippen LogP contribution in [-0.4, -0.2) is 48.1 Å². The molecule has 142 valence electrons. The summed E-state index contributed by atoms with van der Waals surface area (Å²) in [5, 5.41) is 2.88. The Balaban J connectivity index is 1.55. The zero-order chi connectivity index (χ0) is 19.2. The molecule has 1 aliphatic heterocycles. The Morgan fingerprint density at radius 1 is 1.04 bits per heavy atom. The Morgan fingerprint density at radius 3 is 2.26 bits per heavy atom. The van der Waals surface area contributed by atoms with E-state index in [1.807, 2.05) is 23.3 Å². The van der Waals surface area contributed by atoms with E-state index in [1.165, 1.54) is 4.90 Å². The van der Waals surface area contributed by atoms with Crippen LogP contribution in [0.2, 0.25) is 0 Å². The van der Waals surface area contributed by atoms with Crippen LogP contribution in [0.15, 0.2) is 53.4 Å². The van der Waals surface area contributed by atoms with Gasteiger partial charge >= 0.3 is 6.03 Å². The Hall–Kier alpha value is -2.47. The van der Waals surface area contributed by atoms with Gasteiger partial charge in [0.2, 0.25) is 0 Å². The van der Waals surface area contributed by atoms with Crippen molar-refractivity contribution >= 4 is 29.4 Å². The number of carbonyl (C=O) groups excluding carboxylic acids is 2. The minimum absolute atomic E-state index is 0.0659. The standard InChI is InChI=1S/C21H25N3O2S/c1-23(15-16-5-11-19(27-2)12-6-16)21(26)22-18-9-7-17(8-10-18)20(25)24-13-3-4-14-24/h5-12H,3-4,13-15H2,1-2H3,(H,22,26). The van der Waals surface area contributed by atoms with Crippen LogP contribution in [0.5, 0.6) is 0 Å². The molecule has 0 aliphatic carbocycles. The molecule has 3 amide bonds. The molecule has 0 atom stereocenters. The summed E-state index contributed by atoms with van der Waals surface area (Å²) in [6, 6.07) is 15.1. The Bertz CT molecular complexity index is 784. The fourth-order valence-corrected chi connectivity index (χ4v) is 3.50. The predicted molar refractivity (Wildman–Crippen MR) is 110 cm³/mol. The third-order valence-electron chi connectivity index (χ3n) is 4.70. The van der Waals surface area contributed by atoms with Gasteiger partial charge in [0.15, 0.2) is 0 Å². The fourth-order valence-electron chi connectivity index (χ4n) is 3.09. The third kappa shape index (κ3) is 5.04. The topological polar surface area (TPSA) is 52.7 Å². The monoisotopic (exact) mass is 383 g/mol. The maximum absolute atomic E-state index is 12.4. The number of hydrogen-bond donors (Lipinski definition) is 1. The molecule has 0 aromatic heterocycles. The van der Waals surface area contributed by atoms with Crippen LogP contribution in [0.25, 0.3) is 0 Å². The number of amides is 3. The molecular formula is C21H25N3O2S. The van der Waals surface area contributed by atoms with E-state index in [-0.39, 0.29) is 11.9 Å². The first-order valence-electron chi connectivity index (χ1n) is 9.11. The van der Waals surface area contributed by atoms with E-state index in [0.29, 0.717) is 17.8 Å². The number of nitrogens with zero attached hydrogens (tertiary/aromatic N) is 2. The minimum atomic E-state index is -0.178. The first-order chi connectivity index (χ1) is 13.1. The Morgan fingerprint density at radius 2 is 1.67 bits per heavy atom. The lowest BCUT2D eigenvalue weighted by molar-refractivity contribution is 0.0793. The smallest absolute Gasteiger partial charge is 0.321 e. The van der Waals surface area contributed by atoms with Crippen molar-refractivity contribution in [3.8, 4) is 0 Å². The van der Waals surface area contributed by atoms with E-state index in [2.05, 4.69) is 17.4 Å². The van der Waals surface area contributed by atoms with Crippen LogP contribution < -0.4 is 5.32 Å². The van der Waals surface area contributed by atoms with E-state index in [1.54, 1.807) is 48.0 Å². The summed E-state index contributed by atoms with van der Waals surface area (Å²) >= 11 is 1.70. The summed E-state index contributed by atoms with van der Waals surface area (Å²) < 4.78 is 0. The molecule has 0 spiro atoms. The minimum Gasteiger partial charge on any atom is -0.339 e. The number of rotatable bonds is 5. The molecule has 0 saturated carbocycles. The normalized spacial score (nSPS) is 13.5. The van der Waals surface area contributed by atoms with E-state index < -0.39 is 0 Å². The van der Waals surface area contributed by atoms with Crippen molar-refractivity contribution in [2.75, 3.05) is 31.7 Å². The van der Waals surface area contributed by atoms with Crippen molar-refractivity contribution in [2.24, 2.45) is 0 Å². The number of nitrogens with one attached hydrogen (secondary N) is 1. The third-order valence-corrected chi connectivity index (χ3v) is 5.45.